The fourth-order valence-electron chi connectivity index (χ4n) is 0.181. The quantitative estimate of drug-likeness (QED) is 0.395. The van der Waals surface area contributed by atoms with Crippen LogP contribution in [-0.4, -0.2) is 28.3 Å². The van der Waals surface area contributed by atoms with Crippen molar-refractivity contribution < 1.29 is 10.2 Å². The molecule has 0 aliphatic carbocycles. The Balaban J connectivity index is 3.49. The molecule has 0 aromatic rings. The second kappa shape index (κ2) is 3.67. The fraction of sp³-hybridized carbons (Fsp3) is 0.750. The first-order valence-corrected chi connectivity index (χ1v) is 2.48. The van der Waals surface area contributed by atoms with Gasteiger partial charge in [0, 0.05) is 0 Å². The Morgan fingerprint density at radius 1 is 1.75 bits per heavy atom. The van der Waals surface area contributed by atoms with Crippen molar-refractivity contribution in [2.24, 2.45) is 0 Å². The van der Waals surface area contributed by atoms with Crippen molar-refractivity contribution in [2.45, 2.75) is 11.5 Å². The van der Waals surface area contributed by atoms with E-state index in [0.29, 0.717) is 0 Å². The maximum absolute atomic E-state index is 8.47. The maximum atomic E-state index is 8.47. The van der Waals surface area contributed by atoms with Crippen molar-refractivity contribution in [3.8, 4) is 6.07 Å². The van der Waals surface area contributed by atoms with Crippen LogP contribution in [0, 0.1) is 11.3 Å². The van der Waals surface area contributed by atoms with Crippen LogP contribution in [0.15, 0.2) is 0 Å². The average Bonchev–Trinajstić information content (AvgIpc) is 1.84. The lowest BCUT2D eigenvalue weighted by Gasteiger charge is -2.03. The molecule has 2 atom stereocenters. The molecule has 0 aromatic heterocycles. The number of aliphatic hydroxyl groups excluding tert-OH is 2. The largest absolute Gasteiger partial charge is 0.395 e. The van der Waals surface area contributed by atoms with Crippen LogP contribution in [0.2, 0.25) is 0 Å². The third kappa shape index (κ3) is 2.12. The molecule has 0 aliphatic rings. The van der Waals surface area contributed by atoms with Gasteiger partial charge in [-0.25, -0.2) is 0 Å². The highest BCUT2D eigenvalue weighted by Gasteiger charge is 2.12. The number of nitrogens with zero attached hydrogens (tertiary/aromatic N) is 1. The van der Waals surface area contributed by atoms with Crippen molar-refractivity contribution in [2.75, 3.05) is 6.61 Å². The number of hydrogen-bond acceptors (Lipinski definition) is 3. The summed E-state index contributed by atoms with van der Waals surface area (Å²) in [5.74, 6) is 0. The van der Waals surface area contributed by atoms with Gasteiger partial charge in [0.05, 0.1) is 18.1 Å². The Morgan fingerprint density at radius 3 is 2.38 bits per heavy atom. The van der Waals surface area contributed by atoms with E-state index in [0.717, 1.165) is 0 Å². The van der Waals surface area contributed by atoms with Crippen molar-refractivity contribution >= 4 is 11.6 Å². The topological polar surface area (TPSA) is 64.2 Å². The third-order valence-electron chi connectivity index (χ3n) is 0.649. The minimum atomic E-state index is -1.26. The lowest BCUT2D eigenvalue weighted by molar-refractivity contribution is 0.180. The van der Waals surface area contributed by atoms with Crippen LogP contribution < -0.4 is 0 Å². The van der Waals surface area contributed by atoms with Crippen LogP contribution in [-0.2, 0) is 0 Å². The summed E-state index contributed by atoms with van der Waals surface area (Å²) in [6.07, 6.45) is -1.26. The van der Waals surface area contributed by atoms with E-state index >= 15 is 0 Å². The van der Waals surface area contributed by atoms with E-state index < -0.39 is 11.5 Å². The van der Waals surface area contributed by atoms with E-state index in [1.54, 1.807) is 0 Å². The van der Waals surface area contributed by atoms with Gasteiger partial charge in [0.15, 0.2) is 6.10 Å². The molecule has 0 saturated heterocycles. The van der Waals surface area contributed by atoms with Crippen LogP contribution in [0.4, 0.5) is 0 Å². The first-order valence-electron chi connectivity index (χ1n) is 2.05. The Kier molecular flexibility index (Phi) is 3.53. The molecule has 0 unspecified atom stereocenters. The van der Waals surface area contributed by atoms with Crippen molar-refractivity contribution in [3.63, 3.8) is 0 Å². The highest BCUT2D eigenvalue weighted by Crippen LogP contribution is 1.98. The van der Waals surface area contributed by atoms with Gasteiger partial charge in [-0.3, -0.25) is 0 Å². The van der Waals surface area contributed by atoms with E-state index in [9.17, 15) is 0 Å². The molecular formula is C4H6ClNO2. The van der Waals surface area contributed by atoms with Gasteiger partial charge in [-0.15, -0.1) is 11.6 Å². The number of rotatable bonds is 2. The Labute approximate surface area is 52.1 Å². The minimum absolute atomic E-state index is 0.379. The molecule has 2 N–H and O–H groups in total. The summed E-state index contributed by atoms with van der Waals surface area (Å²) in [6, 6.07) is 1.48. The average molecular weight is 136 g/mol. The zero-order valence-corrected chi connectivity index (χ0v) is 4.84. The Morgan fingerprint density at radius 2 is 2.25 bits per heavy atom. The molecule has 0 fully saturated rings. The molecule has 46 valence electrons. The molecule has 0 aromatic carbocycles. The normalized spacial score (nSPS) is 16.8. The van der Waals surface area contributed by atoms with E-state index in [2.05, 4.69) is 0 Å². The molecule has 0 bridgehead atoms. The molecule has 0 aliphatic heterocycles. The molecule has 0 rings (SSSR count). The molecule has 8 heavy (non-hydrogen) atoms. The van der Waals surface area contributed by atoms with Gasteiger partial charge in [-0.1, -0.05) is 0 Å². The van der Waals surface area contributed by atoms with Crippen molar-refractivity contribution in [3.05, 3.63) is 0 Å². The first kappa shape index (κ1) is 7.70. The van der Waals surface area contributed by atoms with Crippen LogP contribution in [0.25, 0.3) is 0 Å². The van der Waals surface area contributed by atoms with Crippen LogP contribution in [0.1, 0.15) is 0 Å². The highest BCUT2D eigenvalue weighted by molar-refractivity contribution is 6.21. The number of alkyl halides is 1. The van der Waals surface area contributed by atoms with Gasteiger partial charge in [-0.2, -0.15) is 5.26 Å². The first-order chi connectivity index (χ1) is 3.72. The molecule has 0 spiro atoms. The second-order valence-electron chi connectivity index (χ2n) is 1.27. The third-order valence-corrected chi connectivity index (χ3v) is 1.03. The zero-order valence-electron chi connectivity index (χ0n) is 4.08. The summed E-state index contributed by atoms with van der Waals surface area (Å²) in [6.45, 7) is -0.379. The van der Waals surface area contributed by atoms with Gasteiger partial charge >= 0.3 is 0 Å². The lowest BCUT2D eigenvalue weighted by atomic mass is 10.3. The Bertz CT molecular complexity index is 101. The summed E-state index contributed by atoms with van der Waals surface area (Å²) in [5.41, 5.74) is 0. The predicted octanol–water partition coefficient (Wildman–Crippen LogP) is -0.529. The standard InChI is InChI=1S/C4H6ClNO2/c5-3(2-7)4(8)1-6/h3-4,7-8H,2H2/t3-,4-/m1/s1. The van der Waals surface area contributed by atoms with E-state index in [-0.39, 0.29) is 6.61 Å². The molecular weight excluding hydrogens is 130 g/mol. The van der Waals surface area contributed by atoms with Gasteiger partial charge in [-0.05, 0) is 0 Å². The highest BCUT2D eigenvalue weighted by atomic mass is 35.5. The monoisotopic (exact) mass is 135 g/mol. The Hall–Kier alpha value is -0.300. The van der Waals surface area contributed by atoms with Gasteiger partial charge < -0.3 is 10.2 Å². The molecule has 0 heterocycles. The lowest BCUT2D eigenvalue weighted by Crippen LogP contribution is -2.21. The smallest absolute Gasteiger partial charge is 0.158 e. The zero-order chi connectivity index (χ0) is 6.57. The maximum Gasteiger partial charge on any atom is 0.158 e. The van der Waals surface area contributed by atoms with E-state index in [1.807, 2.05) is 0 Å². The SMILES string of the molecule is N#C[C@@H](O)[C@H](Cl)CO. The van der Waals surface area contributed by atoms with Gasteiger partial charge in [0.25, 0.3) is 0 Å². The minimum Gasteiger partial charge on any atom is -0.395 e. The van der Waals surface area contributed by atoms with Crippen molar-refractivity contribution in [1.82, 2.24) is 0 Å². The summed E-state index contributed by atoms with van der Waals surface area (Å²) in [4.78, 5) is 0. The number of aliphatic hydroxyl groups is 2. The van der Waals surface area contributed by atoms with E-state index in [1.165, 1.54) is 6.07 Å². The fourth-order valence-corrected chi connectivity index (χ4v) is 0.237. The predicted molar refractivity (Wildman–Crippen MR) is 28.3 cm³/mol. The summed E-state index contributed by atoms with van der Waals surface area (Å²) < 4.78 is 0. The number of nitriles is 1. The van der Waals surface area contributed by atoms with Crippen molar-refractivity contribution in [1.29, 1.82) is 5.26 Å². The molecule has 3 nitrogen and oxygen atoms in total. The van der Waals surface area contributed by atoms with Gasteiger partial charge in [0.2, 0.25) is 0 Å². The van der Waals surface area contributed by atoms with Crippen LogP contribution >= 0.6 is 11.6 Å². The molecule has 4 heteroatoms. The van der Waals surface area contributed by atoms with Crippen LogP contribution in [0.5, 0.6) is 0 Å². The molecule has 0 amide bonds. The number of hydrogen-bond donors (Lipinski definition) is 2. The second-order valence-corrected chi connectivity index (χ2v) is 1.83. The summed E-state index contributed by atoms with van der Waals surface area (Å²) in [5, 5.41) is 23.7. The molecule has 0 radical (unpaired) electrons. The summed E-state index contributed by atoms with van der Waals surface area (Å²) in [7, 11) is 0. The summed E-state index contributed by atoms with van der Waals surface area (Å²) >= 11 is 5.19. The van der Waals surface area contributed by atoms with E-state index in [4.69, 9.17) is 27.1 Å². The van der Waals surface area contributed by atoms with Gasteiger partial charge in [0.1, 0.15) is 0 Å². The van der Waals surface area contributed by atoms with Crippen LogP contribution in [0.3, 0.4) is 0 Å². The number of halogens is 1. The molecule has 0 saturated carbocycles.